The zero-order valence-electron chi connectivity index (χ0n) is 9.90. The number of piperazine rings is 1. The van der Waals surface area contributed by atoms with Crippen molar-refractivity contribution in [2.45, 2.75) is 13.8 Å². The molecule has 0 unspecified atom stereocenters. The van der Waals surface area contributed by atoms with Crippen LogP contribution in [0.15, 0.2) is 18.3 Å². The van der Waals surface area contributed by atoms with E-state index in [1.54, 1.807) is 12.3 Å². The molecule has 1 aromatic heterocycles. The first kappa shape index (κ1) is 12.5. The molecule has 0 amide bonds. The Morgan fingerprint density at radius 1 is 1.38 bits per heavy atom. The number of aromatic nitrogens is 1. The minimum atomic E-state index is 0.661. The van der Waals surface area contributed by atoms with Gasteiger partial charge in [0.15, 0.2) is 0 Å². The van der Waals surface area contributed by atoms with E-state index >= 15 is 0 Å². The Labute approximate surface area is 96.9 Å². The van der Waals surface area contributed by atoms with Crippen LogP contribution in [0.4, 0.5) is 5.82 Å². The first-order valence-corrected chi connectivity index (χ1v) is 5.72. The molecule has 0 radical (unpaired) electrons. The predicted octanol–water partition coefficient (Wildman–Crippen LogP) is 1.39. The van der Waals surface area contributed by atoms with Gasteiger partial charge >= 0.3 is 0 Å². The van der Waals surface area contributed by atoms with E-state index < -0.39 is 0 Å². The highest BCUT2D eigenvalue weighted by Gasteiger charge is 2.14. The maximum Gasteiger partial charge on any atom is 0.146 e. The van der Waals surface area contributed by atoms with Crippen molar-refractivity contribution >= 4 is 5.82 Å². The maximum atomic E-state index is 8.92. The highest BCUT2D eigenvalue weighted by molar-refractivity contribution is 5.53. The highest BCUT2D eigenvalue weighted by Crippen LogP contribution is 2.15. The largest absolute Gasteiger partial charge is 0.353 e. The molecule has 1 aromatic rings. The number of hydrogen-bond donors (Lipinski definition) is 1. The molecule has 0 spiro atoms. The van der Waals surface area contributed by atoms with Crippen molar-refractivity contribution in [1.82, 2.24) is 10.3 Å². The number of nitrogens with one attached hydrogen (secondary N) is 1. The van der Waals surface area contributed by atoms with E-state index in [0.29, 0.717) is 5.56 Å². The van der Waals surface area contributed by atoms with Crippen LogP contribution in [0.3, 0.4) is 0 Å². The molecule has 4 heteroatoms. The summed E-state index contributed by atoms with van der Waals surface area (Å²) in [6, 6.07) is 5.77. The van der Waals surface area contributed by atoms with Gasteiger partial charge in [-0.05, 0) is 12.1 Å². The van der Waals surface area contributed by atoms with Crippen molar-refractivity contribution < 1.29 is 0 Å². The van der Waals surface area contributed by atoms with E-state index in [1.165, 1.54) is 0 Å². The first-order valence-electron chi connectivity index (χ1n) is 5.72. The molecule has 2 heterocycles. The van der Waals surface area contributed by atoms with Crippen molar-refractivity contribution in [2.75, 3.05) is 31.1 Å². The molecule has 1 fully saturated rings. The molecule has 4 nitrogen and oxygen atoms in total. The van der Waals surface area contributed by atoms with Gasteiger partial charge < -0.3 is 10.2 Å². The van der Waals surface area contributed by atoms with E-state index in [1.807, 2.05) is 19.9 Å². The fourth-order valence-electron chi connectivity index (χ4n) is 1.61. The summed E-state index contributed by atoms with van der Waals surface area (Å²) < 4.78 is 0. The quantitative estimate of drug-likeness (QED) is 0.774. The average Bonchev–Trinajstić information content (AvgIpc) is 2.42. The lowest BCUT2D eigenvalue weighted by Crippen LogP contribution is -2.44. The topological polar surface area (TPSA) is 52.0 Å². The van der Waals surface area contributed by atoms with Crippen molar-refractivity contribution in [3.05, 3.63) is 23.9 Å². The van der Waals surface area contributed by atoms with Crippen molar-refractivity contribution in [3.63, 3.8) is 0 Å². The van der Waals surface area contributed by atoms with Crippen LogP contribution < -0.4 is 10.2 Å². The van der Waals surface area contributed by atoms with Crippen LogP contribution in [-0.2, 0) is 0 Å². The molecule has 1 aliphatic heterocycles. The van der Waals surface area contributed by atoms with Gasteiger partial charge in [-0.1, -0.05) is 13.8 Å². The first-order chi connectivity index (χ1) is 7.92. The van der Waals surface area contributed by atoms with E-state index in [0.717, 1.165) is 32.0 Å². The van der Waals surface area contributed by atoms with Gasteiger partial charge in [0, 0.05) is 32.4 Å². The second-order valence-corrected chi connectivity index (χ2v) is 3.22. The predicted molar refractivity (Wildman–Crippen MR) is 65.4 cm³/mol. The lowest BCUT2D eigenvalue weighted by Gasteiger charge is -2.28. The Bertz CT molecular complexity index is 350. The SMILES string of the molecule is CC.N#Cc1cccnc1N1CCNCC1. The van der Waals surface area contributed by atoms with Crippen LogP contribution in [0.1, 0.15) is 19.4 Å². The van der Waals surface area contributed by atoms with Crippen LogP contribution in [0, 0.1) is 11.3 Å². The number of nitriles is 1. The molecule has 0 aromatic carbocycles. The zero-order chi connectivity index (χ0) is 11.8. The molecule has 16 heavy (non-hydrogen) atoms. The molecule has 0 atom stereocenters. The van der Waals surface area contributed by atoms with Gasteiger partial charge in [-0.25, -0.2) is 4.98 Å². The van der Waals surface area contributed by atoms with Gasteiger partial charge in [-0.15, -0.1) is 0 Å². The maximum absolute atomic E-state index is 8.92. The van der Waals surface area contributed by atoms with Crippen LogP contribution in [0.2, 0.25) is 0 Å². The highest BCUT2D eigenvalue weighted by atomic mass is 15.2. The van der Waals surface area contributed by atoms with Gasteiger partial charge in [-0.2, -0.15) is 5.26 Å². The molecule has 0 saturated carbocycles. The fourth-order valence-corrected chi connectivity index (χ4v) is 1.61. The Morgan fingerprint density at radius 2 is 2.06 bits per heavy atom. The van der Waals surface area contributed by atoms with Crippen molar-refractivity contribution in [2.24, 2.45) is 0 Å². The standard InChI is InChI=1S/C10H12N4.C2H6/c11-8-9-2-1-3-13-10(9)14-6-4-12-5-7-14;1-2/h1-3,12H,4-7H2;1-2H3. The molecule has 86 valence electrons. The van der Waals surface area contributed by atoms with Gasteiger partial charge in [0.2, 0.25) is 0 Å². The zero-order valence-corrected chi connectivity index (χ0v) is 9.90. The number of rotatable bonds is 1. The average molecular weight is 218 g/mol. The number of pyridine rings is 1. The number of hydrogen-bond acceptors (Lipinski definition) is 4. The third-order valence-electron chi connectivity index (χ3n) is 2.32. The summed E-state index contributed by atoms with van der Waals surface area (Å²) in [5.74, 6) is 0.816. The van der Waals surface area contributed by atoms with E-state index in [2.05, 4.69) is 21.3 Å². The molecular weight excluding hydrogens is 200 g/mol. The second kappa shape index (κ2) is 6.81. The summed E-state index contributed by atoms with van der Waals surface area (Å²) in [6.07, 6.45) is 1.73. The normalized spacial score (nSPS) is 14.7. The van der Waals surface area contributed by atoms with Crippen LogP contribution >= 0.6 is 0 Å². The number of anilines is 1. The third kappa shape index (κ3) is 2.94. The molecule has 1 saturated heterocycles. The Hall–Kier alpha value is -1.60. The minimum Gasteiger partial charge on any atom is -0.353 e. The summed E-state index contributed by atoms with van der Waals surface area (Å²) >= 11 is 0. The minimum absolute atomic E-state index is 0.661. The smallest absolute Gasteiger partial charge is 0.146 e. The summed E-state index contributed by atoms with van der Waals surface area (Å²) in [5, 5.41) is 12.2. The van der Waals surface area contributed by atoms with E-state index in [9.17, 15) is 0 Å². The summed E-state index contributed by atoms with van der Waals surface area (Å²) in [7, 11) is 0. The van der Waals surface area contributed by atoms with Crippen LogP contribution in [-0.4, -0.2) is 31.2 Å². The Kier molecular flexibility index (Phi) is 5.30. The van der Waals surface area contributed by atoms with E-state index in [4.69, 9.17) is 5.26 Å². The Morgan fingerprint density at radius 3 is 2.69 bits per heavy atom. The molecule has 2 rings (SSSR count). The van der Waals surface area contributed by atoms with Gasteiger partial charge in [0.05, 0.1) is 5.56 Å². The molecule has 1 aliphatic rings. The number of nitrogens with zero attached hydrogens (tertiary/aromatic N) is 3. The van der Waals surface area contributed by atoms with Gasteiger partial charge in [-0.3, -0.25) is 0 Å². The van der Waals surface area contributed by atoms with Crippen molar-refractivity contribution in [3.8, 4) is 6.07 Å². The lowest BCUT2D eigenvalue weighted by atomic mass is 10.2. The Balaban J connectivity index is 0.000000606. The molecular formula is C12H18N4. The third-order valence-corrected chi connectivity index (χ3v) is 2.32. The van der Waals surface area contributed by atoms with E-state index in [-0.39, 0.29) is 0 Å². The van der Waals surface area contributed by atoms with Crippen LogP contribution in [0.5, 0.6) is 0 Å². The molecule has 1 N–H and O–H groups in total. The lowest BCUT2D eigenvalue weighted by molar-refractivity contribution is 0.584. The van der Waals surface area contributed by atoms with Gasteiger partial charge in [0.25, 0.3) is 0 Å². The molecule has 0 bridgehead atoms. The van der Waals surface area contributed by atoms with Crippen molar-refractivity contribution in [1.29, 1.82) is 5.26 Å². The molecule has 0 aliphatic carbocycles. The summed E-state index contributed by atoms with van der Waals surface area (Å²) in [6.45, 7) is 7.76. The summed E-state index contributed by atoms with van der Waals surface area (Å²) in [4.78, 5) is 6.40. The monoisotopic (exact) mass is 218 g/mol. The van der Waals surface area contributed by atoms with Gasteiger partial charge in [0.1, 0.15) is 11.9 Å². The van der Waals surface area contributed by atoms with Crippen LogP contribution in [0.25, 0.3) is 0 Å². The second-order valence-electron chi connectivity index (χ2n) is 3.22. The fraction of sp³-hybridized carbons (Fsp3) is 0.500. The summed E-state index contributed by atoms with van der Waals surface area (Å²) in [5.41, 5.74) is 0.661.